The standard InChI is InChI=1S/C14H21N3/c1-11-7-8-13(9-11)17-14(15)16-10-12-5-3-2-4-6-12/h2-6,11,13H,7-10H2,1H3,(H3,15,16,17). The van der Waals surface area contributed by atoms with Crippen molar-refractivity contribution < 1.29 is 0 Å². The van der Waals surface area contributed by atoms with E-state index in [-0.39, 0.29) is 0 Å². The quantitative estimate of drug-likeness (QED) is 0.619. The number of nitrogens with one attached hydrogen (secondary N) is 1. The van der Waals surface area contributed by atoms with Gasteiger partial charge in [-0.2, -0.15) is 0 Å². The average molecular weight is 231 g/mol. The first kappa shape index (κ1) is 12.0. The van der Waals surface area contributed by atoms with Gasteiger partial charge in [-0.25, -0.2) is 4.99 Å². The molecule has 0 bridgehead atoms. The third kappa shape index (κ3) is 3.77. The van der Waals surface area contributed by atoms with Gasteiger partial charge in [0.2, 0.25) is 0 Å². The van der Waals surface area contributed by atoms with Crippen LogP contribution in [0.5, 0.6) is 0 Å². The lowest BCUT2D eigenvalue weighted by Crippen LogP contribution is -2.38. The lowest BCUT2D eigenvalue weighted by Gasteiger charge is -2.12. The maximum atomic E-state index is 5.89. The second-order valence-electron chi connectivity index (χ2n) is 4.95. The average Bonchev–Trinajstić information content (AvgIpc) is 2.73. The number of nitrogens with two attached hydrogens (primary N) is 1. The Morgan fingerprint density at radius 2 is 2.12 bits per heavy atom. The van der Waals surface area contributed by atoms with Gasteiger partial charge in [0, 0.05) is 6.04 Å². The molecule has 0 amide bonds. The summed E-state index contributed by atoms with van der Waals surface area (Å²) in [6, 6.07) is 10.7. The molecule has 0 aliphatic heterocycles. The van der Waals surface area contributed by atoms with Crippen LogP contribution >= 0.6 is 0 Å². The summed E-state index contributed by atoms with van der Waals surface area (Å²) in [5.41, 5.74) is 7.08. The van der Waals surface area contributed by atoms with E-state index in [1.165, 1.54) is 24.8 Å². The second kappa shape index (κ2) is 5.71. The number of hydrogen-bond donors (Lipinski definition) is 2. The van der Waals surface area contributed by atoms with Crippen LogP contribution in [0.25, 0.3) is 0 Å². The molecule has 1 aliphatic carbocycles. The van der Waals surface area contributed by atoms with Gasteiger partial charge in [-0.1, -0.05) is 37.3 Å². The van der Waals surface area contributed by atoms with Gasteiger partial charge in [-0.05, 0) is 30.7 Å². The van der Waals surface area contributed by atoms with Crippen LogP contribution in [0.15, 0.2) is 35.3 Å². The summed E-state index contributed by atoms with van der Waals surface area (Å²) in [6.07, 6.45) is 3.72. The van der Waals surface area contributed by atoms with Crippen molar-refractivity contribution in [1.82, 2.24) is 5.32 Å². The van der Waals surface area contributed by atoms with Crippen molar-refractivity contribution in [3.63, 3.8) is 0 Å². The van der Waals surface area contributed by atoms with Crippen LogP contribution in [0.3, 0.4) is 0 Å². The van der Waals surface area contributed by atoms with E-state index < -0.39 is 0 Å². The summed E-state index contributed by atoms with van der Waals surface area (Å²) < 4.78 is 0. The molecule has 0 heterocycles. The highest BCUT2D eigenvalue weighted by Crippen LogP contribution is 2.24. The fourth-order valence-electron chi connectivity index (χ4n) is 2.35. The molecule has 1 aromatic rings. The molecule has 0 saturated heterocycles. The third-order valence-electron chi connectivity index (χ3n) is 3.32. The van der Waals surface area contributed by atoms with Gasteiger partial charge in [0.1, 0.15) is 0 Å². The summed E-state index contributed by atoms with van der Waals surface area (Å²) in [5.74, 6) is 1.39. The van der Waals surface area contributed by atoms with Crippen LogP contribution in [0.2, 0.25) is 0 Å². The zero-order valence-corrected chi connectivity index (χ0v) is 10.4. The Labute approximate surface area is 103 Å². The predicted molar refractivity (Wildman–Crippen MR) is 71.7 cm³/mol. The summed E-state index contributed by atoms with van der Waals surface area (Å²) in [4.78, 5) is 4.37. The van der Waals surface area contributed by atoms with Gasteiger partial charge in [0.15, 0.2) is 5.96 Å². The number of benzene rings is 1. The minimum atomic E-state index is 0.518. The molecule has 0 radical (unpaired) electrons. The van der Waals surface area contributed by atoms with Crippen LogP contribution in [0.4, 0.5) is 0 Å². The third-order valence-corrected chi connectivity index (χ3v) is 3.32. The fraction of sp³-hybridized carbons (Fsp3) is 0.500. The number of nitrogens with zero attached hydrogens (tertiary/aromatic N) is 1. The van der Waals surface area contributed by atoms with Crippen LogP contribution in [0, 0.1) is 5.92 Å². The van der Waals surface area contributed by atoms with Gasteiger partial charge < -0.3 is 11.1 Å². The Balaban J connectivity index is 1.81. The first-order valence-corrected chi connectivity index (χ1v) is 6.34. The smallest absolute Gasteiger partial charge is 0.189 e. The van der Waals surface area contributed by atoms with Crippen molar-refractivity contribution in [2.24, 2.45) is 16.6 Å². The highest BCUT2D eigenvalue weighted by atomic mass is 15.1. The normalized spacial score (nSPS) is 24.9. The molecule has 2 atom stereocenters. The van der Waals surface area contributed by atoms with Crippen LogP contribution in [0.1, 0.15) is 31.7 Å². The Kier molecular flexibility index (Phi) is 4.02. The molecular weight excluding hydrogens is 210 g/mol. The predicted octanol–water partition coefficient (Wildman–Crippen LogP) is 2.28. The zero-order chi connectivity index (χ0) is 12.1. The molecule has 0 aromatic heterocycles. The number of guanidine groups is 1. The van der Waals surface area contributed by atoms with E-state index in [1.54, 1.807) is 0 Å². The summed E-state index contributed by atoms with van der Waals surface area (Å²) >= 11 is 0. The minimum Gasteiger partial charge on any atom is -0.370 e. The molecule has 3 N–H and O–H groups in total. The molecule has 2 rings (SSSR count). The summed E-state index contributed by atoms with van der Waals surface area (Å²) in [5, 5.41) is 3.31. The fourth-order valence-corrected chi connectivity index (χ4v) is 2.35. The summed E-state index contributed by atoms with van der Waals surface area (Å²) in [6.45, 7) is 2.95. The van der Waals surface area contributed by atoms with Gasteiger partial charge in [-0.3, -0.25) is 0 Å². The van der Waals surface area contributed by atoms with E-state index >= 15 is 0 Å². The van der Waals surface area contributed by atoms with Gasteiger partial charge >= 0.3 is 0 Å². The highest BCUT2D eigenvalue weighted by molar-refractivity contribution is 5.78. The molecule has 1 aliphatic rings. The first-order valence-electron chi connectivity index (χ1n) is 6.34. The van der Waals surface area contributed by atoms with E-state index in [9.17, 15) is 0 Å². The first-order chi connectivity index (χ1) is 8.24. The molecule has 1 saturated carbocycles. The Bertz CT molecular complexity index is 372. The monoisotopic (exact) mass is 231 g/mol. The topological polar surface area (TPSA) is 50.4 Å². The van der Waals surface area contributed by atoms with Crippen molar-refractivity contribution in [2.75, 3.05) is 0 Å². The second-order valence-corrected chi connectivity index (χ2v) is 4.95. The Morgan fingerprint density at radius 1 is 1.35 bits per heavy atom. The van der Waals surface area contributed by atoms with Gasteiger partial charge in [0.25, 0.3) is 0 Å². The molecule has 0 spiro atoms. The number of rotatable bonds is 3. The van der Waals surface area contributed by atoms with E-state index in [0.717, 1.165) is 5.92 Å². The molecule has 1 fully saturated rings. The Morgan fingerprint density at radius 3 is 2.76 bits per heavy atom. The zero-order valence-electron chi connectivity index (χ0n) is 10.4. The molecular formula is C14H21N3. The van der Waals surface area contributed by atoms with Crippen LogP contribution in [-0.4, -0.2) is 12.0 Å². The number of aliphatic imine (C=N–C) groups is 1. The molecule has 17 heavy (non-hydrogen) atoms. The minimum absolute atomic E-state index is 0.518. The highest BCUT2D eigenvalue weighted by Gasteiger charge is 2.21. The van der Waals surface area contributed by atoms with Crippen LogP contribution < -0.4 is 11.1 Å². The van der Waals surface area contributed by atoms with Crippen molar-refractivity contribution in [1.29, 1.82) is 0 Å². The van der Waals surface area contributed by atoms with Gasteiger partial charge in [-0.15, -0.1) is 0 Å². The van der Waals surface area contributed by atoms with Crippen molar-refractivity contribution >= 4 is 5.96 Å². The largest absolute Gasteiger partial charge is 0.370 e. The number of hydrogen-bond acceptors (Lipinski definition) is 1. The van der Waals surface area contributed by atoms with E-state index in [2.05, 4.69) is 29.4 Å². The van der Waals surface area contributed by atoms with Crippen molar-refractivity contribution in [3.8, 4) is 0 Å². The van der Waals surface area contributed by atoms with Crippen LogP contribution in [-0.2, 0) is 6.54 Å². The summed E-state index contributed by atoms with van der Waals surface area (Å²) in [7, 11) is 0. The maximum Gasteiger partial charge on any atom is 0.189 e. The maximum absolute atomic E-state index is 5.89. The molecule has 92 valence electrons. The molecule has 3 nitrogen and oxygen atoms in total. The van der Waals surface area contributed by atoms with E-state index in [4.69, 9.17) is 5.73 Å². The van der Waals surface area contributed by atoms with Crippen molar-refractivity contribution in [3.05, 3.63) is 35.9 Å². The van der Waals surface area contributed by atoms with Crippen molar-refractivity contribution in [2.45, 2.75) is 38.8 Å². The molecule has 2 unspecified atom stereocenters. The van der Waals surface area contributed by atoms with E-state index in [0.29, 0.717) is 18.5 Å². The molecule has 3 heteroatoms. The lowest BCUT2D eigenvalue weighted by atomic mass is 10.1. The van der Waals surface area contributed by atoms with E-state index in [1.807, 2.05) is 18.2 Å². The SMILES string of the molecule is CC1CCC(NC(N)=NCc2ccccc2)C1. The lowest BCUT2D eigenvalue weighted by molar-refractivity contribution is 0.568. The Hall–Kier alpha value is -1.51. The van der Waals surface area contributed by atoms with Gasteiger partial charge in [0.05, 0.1) is 6.54 Å². The molecule has 1 aromatic carbocycles.